The second kappa shape index (κ2) is 8.04. The van der Waals surface area contributed by atoms with Crippen LogP contribution in [0, 0.1) is 0 Å². The summed E-state index contributed by atoms with van der Waals surface area (Å²) in [5.74, 6) is 0.0544. The van der Waals surface area contributed by atoms with E-state index in [1.54, 1.807) is 0 Å². The Bertz CT molecular complexity index is 292. The topological polar surface area (TPSA) is 50.7 Å². The molecular weight excluding hydrogens is 290 g/mol. The van der Waals surface area contributed by atoms with Gasteiger partial charge in [-0.3, -0.25) is 10.2 Å². The van der Waals surface area contributed by atoms with Crippen LogP contribution in [0.4, 0.5) is 8.78 Å². The molecule has 1 aliphatic rings. The van der Waals surface area contributed by atoms with Gasteiger partial charge in [-0.25, -0.2) is 8.78 Å². The Morgan fingerprint density at radius 2 is 2.47 bits per heavy atom. The maximum absolute atomic E-state index is 11.8. The van der Waals surface area contributed by atoms with Crippen molar-refractivity contribution >= 4 is 46.5 Å². The van der Waals surface area contributed by atoms with Gasteiger partial charge in [0.05, 0.1) is 13.0 Å². The maximum Gasteiger partial charge on any atom is 0.306 e. The van der Waals surface area contributed by atoms with E-state index in [-0.39, 0.29) is 17.7 Å². The number of hydrogen-bond donors (Lipinski definition) is 2. The summed E-state index contributed by atoms with van der Waals surface area (Å²) < 4.78 is 28.9. The summed E-state index contributed by atoms with van der Waals surface area (Å²) in [6.07, 6.45) is -2.66. The lowest BCUT2D eigenvalue weighted by atomic mass is 10.4. The zero-order chi connectivity index (χ0) is 12.7. The third-order valence-electron chi connectivity index (χ3n) is 1.61. The van der Waals surface area contributed by atoms with Gasteiger partial charge in [0.2, 0.25) is 6.43 Å². The van der Waals surface area contributed by atoms with Crippen LogP contribution in [0.1, 0.15) is 12.8 Å². The number of rotatable bonds is 6. The van der Waals surface area contributed by atoms with Crippen molar-refractivity contribution in [1.82, 2.24) is 5.43 Å². The lowest BCUT2D eigenvalue weighted by Gasteiger charge is -2.03. The van der Waals surface area contributed by atoms with Crippen molar-refractivity contribution in [2.45, 2.75) is 24.0 Å². The molecule has 17 heavy (non-hydrogen) atoms. The van der Waals surface area contributed by atoms with Crippen molar-refractivity contribution in [1.29, 1.82) is 0 Å². The lowest BCUT2D eigenvalue weighted by molar-refractivity contribution is -0.143. The van der Waals surface area contributed by atoms with Crippen LogP contribution in [0.2, 0.25) is 0 Å². The number of thioether (sulfide) groups is 2. The van der Waals surface area contributed by atoms with Crippen LogP contribution < -0.4 is 5.43 Å². The van der Waals surface area contributed by atoms with E-state index in [1.165, 1.54) is 23.5 Å². The van der Waals surface area contributed by atoms with E-state index in [0.29, 0.717) is 5.75 Å². The van der Waals surface area contributed by atoms with E-state index in [4.69, 9.17) is 0 Å². The Labute approximate surface area is 112 Å². The van der Waals surface area contributed by atoms with E-state index in [1.807, 2.05) is 0 Å². The number of ether oxygens (including phenoxy) is 1. The minimum Gasteiger partial charge on any atom is -0.465 e. The van der Waals surface area contributed by atoms with Gasteiger partial charge in [-0.2, -0.15) is 5.10 Å². The number of nitrogens with one attached hydrogen (secondary N) is 1. The number of nitrogens with zero attached hydrogens (tertiary/aromatic N) is 1. The summed E-state index contributed by atoms with van der Waals surface area (Å²) in [4.78, 5) is 11.1. The molecule has 0 saturated carbocycles. The van der Waals surface area contributed by atoms with Crippen LogP contribution in [0.5, 0.6) is 0 Å². The van der Waals surface area contributed by atoms with Gasteiger partial charge in [0.25, 0.3) is 0 Å². The molecule has 0 amide bonds. The average molecular weight is 302 g/mol. The van der Waals surface area contributed by atoms with Gasteiger partial charge >= 0.3 is 5.97 Å². The Morgan fingerprint density at radius 1 is 1.71 bits per heavy atom. The summed E-state index contributed by atoms with van der Waals surface area (Å²) in [5, 5.41) is 3.96. The number of alkyl halides is 2. The smallest absolute Gasteiger partial charge is 0.306 e. The largest absolute Gasteiger partial charge is 0.465 e. The number of carbonyl (C=O) groups is 1. The molecule has 1 aliphatic heterocycles. The van der Waals surface area contributed by atoms with Gasteiger partial charge in [-0.15, -0.1) is 12.6 Å². The molecule has 0 fully saturated rings. The van der Waals surface area contributed by atoms with E-state index >= 15 is 0 Å². The van der Waals surface area contributed by atoms with Gasteiger partial charge in [-0.1, -0.05) is 23.5 Å². The second-order valence-corrected chi connectivity index (χ2v) is 6.28. The molecule has 1 rings (SSSR count). The highest BCUT2D eigenvalue weighted by Crippen LogP contribution is 2.27. The Hall–Kier alpha value is -0.150. The van der Waals surface area contributed by atoms with Gasteiger partial charge < -0.3 is 4.74 Å². The van der Waals surface area contributed by atoms with Crippen LogP contribution in [-0.2, 0) is 9.53 Å². The minimum atomic E-state index is -2.43. The number of hydrogen-bond acceptors (Lipinski definition) is 7. The third kappa shape index (κ3) is 6.99. The quantitative estimate of drug-likeness (QED) is 0.581. The van der Waals surface area contributed by atoms with Crippen molar-refractivity contribution in [2.24, 2.45) is 5.10 Å². The first kappa shape index (κ1) is 14.9. The maximum atomic E-state index is 11.8. The van der Waals surface area contributed by atoms with Crippen LogP contribution in [-0.4, -0.2) is 33.8 Å². The van der Waals surface area contributed by atoms with Crippen molar-refractivity contribution in [2.75, 3.05) is 12.4 Å². The molecule has 98 valence electrons. The monoisotopic (exact) mass is 302 g/mol. The zero-order valence-electron chi connectivity index (χ0n) is 8.77. The van der Waals surface area contributed by atoms with Crippen LogP contribution >= 0.6 is 36.2 Å². The summed E-state index contributed by atoms with van der Waals surface area (Å²) in [5.41, 5.74) is 2.75. The molecule has 0 saturated heterocycles. The van der Waals surface area contributed by atoms with Gasteiger partial charge in [0.15, 0.2) is 4.38 Å². The zero-order valence-corrected chi connectivity index (χ0v) is 11.3. The lowest BCUT2D eigenvalue weighted by Crippen LogP contribution is -2.09. The van der Waals surface area contributed by atoms with E-state index in [0.717, 1.165) is 4.38 Å². The summed E-state index contributed by atoms with van der Waals surface area (Å²) in [6, 6.07) is 0. The Balaban J connectivity index is 2.00. The molecule has 0 aromatic carbocycles. The highest BCUT2D eigenvalue weighted by molar-refractivity contribution is 8.41. The molecule has 1 N–H and O–H groups in total. The molecule has 0 aromatic heterocycles. The molecule has 0 spiro atoms. The molecule has 0 radical (unpaired) electrons. The summed E-state index contributed by atoms with van der Waals surface area (Å²) >= 11 is 7.00. The Kier molecular flexibility index (Phi) is 7.05. The van der Waals surface area contributed by atoms with E-state index in [2.05, 4.69) is 27.9 Å². The minimum absolute atomic E-state index is 0.0458. The normalized spacial score (nSPS) is 19.1. The molecule has 0 aliphatic carbocycles. The van der Waals surface area contributed by atoms with Crippen molar-refractivity contribution < 1.29 is 18.3 Å². The summed E-state index contributed by atoms with van der Waals surface area (Å²) in [6.45, 7) is -0.225. The predicted molar refractivity (Wildman–Crippen MR) is 69.6 cm³/mol. The fourth-order valence-corrected chi connectivity index (χ4v) is 3.22. The van der Waals surface area contributed by atoms with Gasteiger partial charge in [-0.05, 0) is 0 Å². The molecular formula is C8H12F2N2O2S3. The predicted octanol–water partition coefficient (Wildman–Crippen LogP) is 2.13. The molecule has 4 nitrogen and oxygen atoms in total. The highest BCUT2D eigenvalue weighted by atomic mass is 32.2. The SMILES string of the molecule is O=C(CCSC1=NNC(S)S1)OCCC(F)F. The molecule has 9 heteroatoms. The average Bonchev–Trinajstić information content (AvgIpc) is 2.63. The van der Waals surface area contributed by atoms with E-state index in [9.17, 15) is 13.6 Å². The molecule has 1 atom stereocenters. The number of hydrazone groups is 1. The van der Waals surface area contributed by atoms with Crippen molar-refractivity contribution in [3.63, 3.8) is 0 Å². The molecule has 1 heterocycles. The first-order valence-corrected chi connectivity index (χ1v) is 7.20. The summed E-state index contributed by atoms with van der Waals surface area (Å²) in [7, 11) is 0. The van der Waals surface area contributed by atoms with Gasteiger partial charge in [0, 0.05) is 12.2 Å². The fraction of sp³-hybridized carbons (Fsp3) is 0.750. The van der Waals surface area contributed by atoms with Crippen LogP contribution in [0.25, 0.3) is 0 Å². The van der Waals surface area contributed by atoms with Crippen molar-refractivity contribution in [3.05, 3.63) is 0 Å². The first-order valence-electron chi connectivity index (χ1n) is 4.82. The second-order valence-electron chi connectivity index (χ2n) is 2.98. The first-order chi connectivity index (χ1) is 8.08. The number of esters is 1. The third-order valence-corrected chi connectivity index (χ3v) is 4.05. The molecule has 0 bridgehead atoms. The fourth-order valence-electron chi connectivity index (χ4n) is 0.878. The number of carbonyl (C=O) groups excluding carboxylic acids is 1. The number of thiol groups is 1. The van der Waals surface area contributed by atoms with E-state index < -0.39 is 18.8 Å². The van der Waals surface area contributed by atoms with Crippen molar-refractivity contribution in [3.8, 4) is 0 Å². The molecule has 0 aromatic rings. The number of halogens is 2. The van der Waals surface area contributed by atoms with Crippen LogP contribution in [0.15, 0.2) is 5.10 Å². The van der Waals surface area contributed by atoms with Gasteiger partial charge in [0.1, 0.15) is 4.71 Å². The Morgan fingerprint density at radius 3 is 3.06 bits per heavy atom. The molecule has 1 unspecified atom stereocenters. The van der Waals surface area contributed by atoms with Crippen LogP contribution in [0.3, 0.4) is 0 Å². The standard InChI is InChI=1S/C8H12F2N2O2S3/c9-5(10)1-3-14-6(13)2-4-16-8-12-11-7(15)17-8/h5,7,11,15H,1-4H2. The highest BCUT2D eigenvalue weighted by Gasteiger charge is 2.16.